The molecule has 0 amide bonds. The number of hydrogen-bond acceptors (Lipinski definition) is 4. The maximum Gasteiger partial charge on any atom is 0.134 e. The molecule has 0 bridgehead atoms. The average molecular weight is 252 g/mol. The third kappa shape index (κ3) is 2.58. The summed E-state index contributed by atoms with van der Waals surface area (Å²) < 4.78 is 0. The van der Waals surface area contributed by atoms with Crippen LogP contribution in [-0.2, 0) is 6.61 Å². The SMILES string of the molecule is Cc1cc(C)c(CO)c(N2CCSCC2C)n1. The summed E-state index contributed by atoms with van der Waals surface area (Å²) in [6.07, 6.45) is 0. The number of pyridine rings is 1. The summed E-state index contributed by atoms with van der Waals surface area (Å²) in [6, 6.07) is 2.53. The molecule has 2 rings (SSSR count). The lowest BCUT2D eigenvalue weighted by molar-refractivity contribution is 0.280. The van der Waals surface area contributed by atoms with Gasteiger partial charge in [-0.1, -0.05) is 0 Å². The van der Waals surface area contributed by atoms with E-state index in [1.807, 2.05) is 31.7 Å². The van der Waals surface area contributed by atoms with Gasteiger partial charge in [0.2, 0.25) is 0 Å². The molecule has 1 unspecified atom stereocenters. The monoisotopic (exact) mass is 252 g/mol. The van der Waals surface area contributed by atoms with E-state index in [4.69, 9.17) is 0 Å². The van der Waals surface area contributed by atoms with Crippen molar-refractivity contribution in [3.8, 4) is 0 Å². The number of aromatic nitrogens is 1. The van der Waals surface area contributed by atoms with E-state index in [9.17, 15) is 5.11 Å². The molecule has 0 saturated carbocycles. The summed E-state index contributed by atoms with van der Waals surface area (Å²) >= 11 is 1.99. The van der Waals surface area contributed by atoms with Crippen LogP contribution in [0.3, 0.4) is 0 Å². The number of thioether (sulfide) groups is 1. The molecule has 0 spiro atoms. The number of aryl methyl sites for hydroxylation is 2. The Labute approximate surface area is 107 Å². The molecular weight excluding hydrogens is 232 g/mol. The first-order valence-electron chi connectivity index (χ1n) is 6.06. The van der Waals surface area contributed by atoms with Crippen LogP contribution in [0.15, 0.2) is 6.07 Å². The molecule has 4 heteroatoms. The molecule has 1 aliphatic rings. The van der Waals surface area contributed by atoms with Crippen molar-refractivity contribution < 1.29 is 5.11 Å². The van der Waals surface area contributed by atoms with Gasteiger partial charge in [0.05, 0.1) is 6.61 Å². The molecular formula is C13H20N2OS. The lowest BCUT2D eigenvalue weighted by Crippen LogP contribution is -2.41. The maximum atomic E-state index is 9.54. The predicted molar refractivity (Wildman–Crippen MR) is 73.8 cm³/mol. The van der Waals surface area contributed by atoms with Crippen LogP contribution < -0.4 is 4.90 Å². The minimum absolute atomic E-state index is 0.0742. The summed E-state index contributed by atoms with van der Waals surface area (Å²) in [5, 5.41) is 9.54. The number of aliphatic hydroxyl groups is 1. The Morgan fingerprint density at radius 2 is 2.29 bits per heavy atom. The van der Waals surface area contributed by atoms with Gasteiger partial charge in [0.15, 0.2) is 0 Å². The predicted octanol–water partition coefficient (Wildman–Crippen LogP) is 2.13. The second kappa shape index (κ2) is 5.27. The van der Waals surface area contributed by atoms with Gasteiger partial charge in [-0.2, -0.15) is 11.8 Å². The third-order valence-corrected chi connectivity index (χ3v) is 4.44. The van der Waals surface area contributed by atoms with Gasteiger partial charge in [-0.15, -0.1) is 0 Å². The van der Waals surface area contributed by atoms with Crippen molar-refractivity contribution in [1.29, 1.82) is 0 Å². The van der Waals surface area contributed by atoms with Crippen LogP contribution in [0, 0.1) is 13.8 Å². The molecule has 0 aromatic carbocycles. The van der Waals surface area contributed by atoms with E-state index in [0.29, 0.717) is 6.04 Å². The van der Waals surface area contributed by atoms with Crippen molar-refractivity contribution >= 4 is 17.6 Å². The number of hydrogen-bond donors (Lipinski definition) is 1. The topological polar surface area (TPSA) is 36.4 Å². The molecule has 94 valence electrons. The highest BCUT2D eigenvalue weighted by Crippen LogP contribution is 2.28. The Morgan fingerprint density at radius 3 is 2.94 bits per heavy atom. The summed E-state index contributed by atoms with van der Waals surface area (Å²) in [7, 11) is 0. The molecule has 3 nitrogen and oxygen atoms in total. The Bertz CT molecular complexity index is 409. The van der Waals surface area contributed by atoms with Crippen LogP contribution >= 0.6 is 11.8 Å². The molecule has 1 saturated heterocycles. The highest BCUT2D eigenvalue weighted by atomic mass is 32.2. The van der Waals surface area contributed by atoms with Crippen LogP contribution in [0.1, 0.15) is 23.7 Å². The van der Waals surface area contributed by atoms with Crippen molar-refractivity contribution in [2.75, 3.05) is 23.0 Å². The summed E-state index contributed by atoms with van der Waals surface area (Å²) in [5.41, 5.74) is 3.15. The van der Waals surface area contributed by atoms with Gasteiger partial charge < -0.3 is 10.0 Å². The lowest BCUT2D eigenvalue weighted by Gasteiger charge is -2.35. The second-order valence-electron chi connectivity index (χ2n) is 4.66. The first-order valence-corrected chi connectivity index (χ1v) is 7.21. The highest BCUT2D eigenvalue weighted by Gasteiger charge is 2.23. The zero-order valence-corrected chi connectivity index (χ0v) is 11.5. The Balaban J connectivity index is 2.42. The van der Waals surface area contributed by atoms with Crippen molar-refractivity contribution in [2.45, 2.75) is 33.4 Å². The van der Waals surface area contributed by atoms with Gasteiger partial charge in [0.25, 0.3) is 0 Å². The quantitative estimate of drug-likeness (QED) is 0.875. The van der Waals surface area contributed by atoms with E-state index in [1.165, 1.54) is 0 Å². The normalized spacial score (nSPS) is 20.7. The Kier molecular flexibility index (Phi) is 3.94. The van der Waals surface area contributed by atoms with Gasteiger partial charge in [0.1, 0.15) is 5.82 Å². The van der Waals surface area contributed by atoms with Crippen molar-refractivity contribution in [3.63, 3.8) is 0 Å². The van der Waals surface area contributed by atoms with Crippen molar-refractivity contribution in [3.05, 3.63) is 22.9 Å². The number of nitrogens with zero attached hydrogens (tertiary/aromatic N) is 2. The van der Waals surface area contributed by atoms with E-state index in [-0.39, 0.29) is 6.61 Å². The first kappa shape index (κ1) is 12.7. The van der Waals surface area contributed by atoms with E-state index in [2.05, 4.69) is 16.8 Å². The Hall–Kier alpha value is -0.740. The number of anilines is 1. The first-order chi connectivity index (χ1) is 8.13. The summed E-state index contributed by atoms with van der Waals surface area (Å²) in [6.45, 7) is 7.39. The fraction of sp³-hybridized carbons (Fsp3) is 0.615. The van der Waals surface area contributed by atoms with Gasteiger partial charge >= 0.3 is 0 Å². The van der Waals surface area contributed by atoms with Gasteiger partial charge in [-0.3, -0.25) is 0 Å². The zero-order valence-electron chi connectivity index (χ0n) is 10.7. The van der Waals surface area contributed by atoms with Gasteiger partial charge in [-0.05, 0) is 32.4 Å². The number of aliphatic hydroxyl groups excluding tert-OH is 1. The summed E-state index contributed by atoms with van der Waals surface area (Å²) in [5.74, 6) is 3.27. The van der Waals surface area contributed by atoms with Crippen molar-refractivity contribution in [2.24, 2.45) is 0 Å². The minimum Gasteiger partial charge on any atom is -0.392 e. The fourth-order valence-corrected chi connectivity index (χ4v) is 3.33. The van der Waals surface area contributed by atoms with Crippen molar-refractivity contribution in [1.82, 2.24) is 4.98 Å². The second-order valence-corrected chi connectivity index (χ2v) is 5.81. The largest absolute Gasteiger partial charge is 0.392 e. The molecule has 1 fully saturated rings. The number of rotatable bonds is 2. The molecule has 0 aliphatic carbocycles. The zero-order chi connectivity index (χ0) is 12.4. The smallest absolute Gasteiger partial charge is 0.134 e. The molecule has 1 aliphatic heterocycles. The van der Waals surface area contributed by atoms with E-state index in [0.717, 1.165) is 40.7 Å². The molecule has 1 aromatic heterocycles. The van der Waals surface area contributed by atoms with Crippen LogP contribution in [-0.4, -0.2) is 34.2 Å². The van der Waals surface area contributed by atoms with Gasteiger partial charge in [-0.25, -0.2) is 4.98 Å². The Morgan fingerprint density at radius 1 is 1.53 bits per heavy atom. The van der Waals surface area contributed by atoms with Crippen LogP contribution in [0.2, 0.25) is 0 Å². The van der Waals surface area contributed by atoms with E-state index in [1.54, 1.807) is 0 Å². The van der Waals surface area contributed by atoms with Crippen LogP contribution in [0.25, 0.3) is 0 Å². The molecule has 17 heavy (non-hydrogen) atoms. The lowest BCUT2D eigenvalue weighted by atomic mass is 10.1. The van der Waals surface area contributed by atoms with E-state index >= 15 is 0 Å². The average Bonchev–Trinajstić information content (AvgIpc) is 2.28. The molecule has 1 atom stereocenters. The van der Waals surface area contributed by atoms with Crippen LogP contribution in [0.4, 0.5) is 5.82 Å². The maximum absolute atomic E-state index is 9.54. The van der Waals surface area contributed by atoms with E-state index < -0.39 is 0 Å². The fourth-order valence-electron chi connectivity index (χ4n) is 2.32. The standard InChI is InChI=1S/C13H20N2OS/c1-9-6-10(2)14-13(12(9)7-16)15-4-5-17-8-11(15)3/h6,11,16H,4-5,7-8H2,1-3H3. The van der Waals surface area contributed by atoms with Gasteiger partial charge in [0, 0.05) is 35.3 Å². The minimum atomic E-state index is 0.0742. The molecule has 1 aromatic rings. The molecule has 2 heterocycles. The summed E-state index contributed by atoms with van der Waals surface area (Å²) in [4.78, 5) is 6.97. The molecule has 1 N–H and O–H groups in total. The van der Waals surface area contributed by atoms with Crippen LogP contribution in [0.5, 0.6) is 0 Å². The third-order valence-electron chi connectivity index (χ3n) is 3.25. The highest BCUT2D eigenvalue weighted by molar-refractivity contribution is 7.99. The molecule has 0 radical (unpaired) electrons.